The lowest BCUT2D eigenvalue weighted by molar-refractivity contribution is -0.161. The number of esters is 3. The van der Waals surface area contributed by atoms with Crippen LogP contribution in [0.3, 0.4) is 0 Å². The predicted octanol–water partition coefficient (Wildman–Crippen LogP) is 22.5. The van der Waals surface area contributed by atoms with Gasteiger partial charge in [-0.3, -0.25) is 32.5 Å². The summed E-state index contributed by atoms with van der Waals surface area (Å²) in [6.45, 7) is 3.28. The van der Waals surface area contributed by atoms with E-state index >= 15 is 0 Å². The summed E-state index contributed by atoms with van der Waals surface area (Å²) in [6.07, 6.45) is 85.1. The molecule has 0 aromatic heterocycles. The van der Waals surface area contributed by atoms with Crippen LogP contribution in [0.25, 0.3) is 0 Å². The third-order valence-electron chi connectivity index (χ3n) is 16.1. The van der Waals surface area contributed by atoms with E-state index in [9.17, 15) is 43.2 Å². The van der Waals surface area contributed by atoms with E-state index in [0.717, 1.165) is 167 Å². The minimum atomic E-state index is -4.98. The summed E-state index contributed by atoms with van der Waals surface area (Å²) in [6, 6.07) is 0. The van der Waals surface area contributed by atoms with Gasteiger partial charge in [0.2, 0.25) is 0 Å². The van der Waals surface area contributed by atoms with Gasteiger partial charge in [0.25, 0.3) is 0 Å². The normalized spacial score (nSPS) is 14.6. The van der Waals surface area contributed by atoms with Gasteiger partial charge in [-0.2, -0.15) is 0 Å². The Hall–Kier alpha value is -4.64. The first kappa shape index (κ1) is 97.4. The predicted molar refractivity (Wildman–Crippen MR) is 418 cm³/mol. The molecule has 0 spiro atoms. The van der Waals surface area contributed by atoms with Crippen LogP contribution in [0.4, 0.5) is 0 Å². The molecule has 0 saturated heterocycles. The maximum Gasteiger partial charge on any atom is 0.472 e. The number of unbranched alkanes of at least 4 members (excludes halogenated alkanes) is 26. The molecule has 0 rings (SSSR count). The van der Waals surface area contributed by atoms with Crippen LogP contribution in [0.1, 0.15) is 303 Å². The number of aldehydes is 1. The third kappa shape index (κ3) is 75.1. The molecule has 0 aliphatic rings. The summed E-state index contributed by atoms with van der Waals surface area (Å²) in [7, 11) is -9.85. The first-order valence-electron chi connectivity index (χ1n) is 39.4. The van der Waals surface area contributed by atoms with Gasteiger partial charge in [-0.1, -0.05) is 244 Å². The Bertz CT molecular complexity index is 2420. The number of phosphoric ester groups is 2. The van der Waals surface area contributed by atoms with Crippen molar-refractivity contribution in [3.05, 3.63) is 134 Å². The van der Waals surface area contributed by atoms with Crippen LogP contribution in [0, 0.1) is 0 Å². The lowest BCUT2D eigenvalue weighted by Gasteiger charge is -2.21. The average molecular weight is 1470 g/mol. The summed E-state index contributed by atoms with van der Waals surface area (Å²) in [5.74, 6) is -1.61. The lowest BCUT2D eigenvalue weighted by Crippen LogP contribution is -2.30. The average Bonchev–Trinajstić information content (AvgIpc) is 0.940. The van der Waals surface area contributed by atoms with Gasteiger partial charge in [0.05, 0.1) is 26.4 Å². The monoisotopic (exact) mass is 1470 g/mol. The molecular formula is C83H140O17P2. The Morgan fingerprint density at radius 2 is 0.588 bits per heavy atom. The van der Waals surface area contributed by atoms with Crippen molar-refractivity contribution in [1.82, 2.24) is 0 Å². The second-order valence-electron chi connectivity index (χ2n) is 25.9. The van der Waals surface area contributed by atoms with Gasteiger partial charge >= 0.3 is 33.6 Å². The summed E-state index contributed by atoms with van der Waals surface area (Å²) in [5.41, 5.74) is 0. The Balaban J connectivity index is 5.41. The fourth-order valence-corrected chi connectivity index (χ4v) is 11.6. The van der Waals surface area contributed by atoms with E-state index in [4.69, 9.17) is 37.0 Å². The number of allylic oxidation sites excluding steroid dienone is 22. The van der Waals surface area contributed by atoms with Crippen molar-refractivity contribution in [2.45, 2.75) is 322 Å². The molecule has 0 bridgehead atoms. The van der Waals surface area contributed by atoms with Crippen LogP contribution in [0.2, 0.25) is 0 Å². The van der Waals surface area contributed by atoms with Gasteiger partial charge < -0.3 is 38.6 Å². The molecule has 19 heteroatoms. The molecule has 3 N–H and O–H groups in total. The van der Waals surface area contributed by atoms with Crippen molar-refractivity contribution in [3.8, 4) is 0 Å². The first-order chi connectivity index (χ1) is 49.8. The Kier molecular flexibility index (Phi) is 72.6. The van der Waals surface area contributed by atoms with Crippen molar-refractivity contribution in [2.75, 3.05) is 46.2 Å². The fraction of sp³-hybridized carbons (Fsp3) is 0.687. The maximum atomic E-state index is 13.1. The minimum absolute atomic E-state index is 0.0148. The second-order valence-corrected chi connectivity index (χ2v) is 28.8. The molecule has 17 nitrogen and oxygen atoms in total. The van der Waals surface area contributed by atoms with Crippen LogP contribution in [-0.4, -0.2) is 104 Å². The quantitative estimate of drug-likeness (QED) is 0.0128. The number of carbonyl (C=O) groups is 4. The highest BCUT2D eigenvalue weighted by Gasteiger charge is 2.30. The van der Waals surface area contributed by atoms with Gasteiger partial charge in [0.1, 0.15) is 31.7 Å². The number of hydrogen-bond acceptors (Lipinski definition) is 15. The van der Waals surface area contributed by atoms with Crippen LogP contribution in [0.15, 0.2) is 134 Å². The summed E-state index contributed by atoms with van der Waals surface area (Å²) >= 11 is 0. The lowest BCUT2D eigenvalue weighted by atomic mass is 10.1. The van der Waals surface area contributed by atoms with Crippen molar-refractivity contribution < 1.29 is 80.2 Å². The first-order valence-corrected chi connectivity index (χ1v) is 42.4. The summed E-state index contributed by atoms with van der Waals surface area (Å²) in [5, 5.41) is 10.6. The number of rotatable bonds is 75. The molecular weight excluding hydrogens is 1330 g/mol. The maximum absolute atomic E-state index is 13.1. The molecule has 0 aliphatic heterocycles. The van der Waals surface area contributed by atoms with Crippen LogP contribution in [-0.2, 0) is 65.4 Å². The highest BCUT2D eigenvalue weighted by atomic mass is 31.2. The van der Waals surface area contributed by atoms with Gasteiger partial charge in [0, 0.05) is 32.3 Å². The van der Waals surface area contributed by atoms with Gasteiger partial charge in [-0.15, -0.1) is 0 Å². The summed E-state index contributed by atoms with van der Waals surface area (Å²) < 4.78 is 69.1. The molecule has 0 aliphatic carbocycles. The van der Waals surface area contributed by atoms with E-state index < -0.39 is 84.9 Å². The minimum Gasteiger partial charge on any atom is -0.463 e. The molecule has 5 atom stereocenters. The topological polar surface area (TPSA) is 237 Å². The van der Waals surface area contributed by atoms with Crippen molar-refractivity contribution in [1.29, 1.82) is 0 Å². The molecule has 0 radical (unpaired) electrons. The van der Waals surface area contributed by atoms with Gasteiger partial charge in [-0.05, 0) is 167 Å². The van der Waals surface area contributed by atoms with Crippen molar-refractivity contribution in [2.24, 2.45) is 0 Å². The van der Waals surface area contributed by atoms with E-state index in [1.807, 2.05) is 24.3 Å². The number of hydrogen-bond donors (Lipinski definition) is 3. The highest BCUT2D eigenvalue weighted by molar-refractivity contribution is 7.47. The van der Waals surface area contributed by atoms with E-state index in [1.165, 1.54) is 57.8 Å². The Morgan fingerprint density at radius 1 is 0.314 bits per heavy atom. The zero-order valence-electron chi connectivity index (χ0n) is 63.5. The van der Waals surface area contributed by atoms with Crippen molar-refractivity contribution in [3.63, 3.8) is 0 Å². The Labute approximate surface area is 618 Å². The van der Waals surface area contributed by atoms with E-state index in [-0.39, 0.29) is 32.5 Å². The van der Waals surface area contributed by atoms with Crippen LogP contribution in [0.5, 0.6) is 0 Å². The van der Waals surface area contributed by atoms with Crippen LogP contribution >= 0.6 is 15.6 Å². The van der Waals surface area contributed by atoms with Gasteiger partial charge in [0.15, 0.2) is 6.10 Å². The zero-order valence-corrected chi connectivity index (χ0v) is 65.3. The second kappa shape index (κ2) is 76.0. The number of aliphatic hydroxyl groups is 1. The molecule has 0 aromatic rings. The fourth-order valence-electron chi connectivity index (χ4n) is 10.0. The van der Waals surface area contributed by atoms with E-state index in [0.29, 0.717) is 44.9 Å². The molecule has 584 valence electrons. The van der Waals surface area contributed by atoms with Gasteiger partial charge in [-0.25, -0.2) is 9.13 Å². The van der Waals surface area contributed by atoms with E-state index in [2.05, 4.69) is 130 Å². The van der Waals surface area contributed by atoms with Crippen molar-refractivity contribution >= 4 is 39.8 Å². The smallest absolute Gasteiger partial charge is 0.463 e. The van der Waals surface area contributed by atoms with Crippen LogP contribution < -0.4 is 0 Å². The van der Waals surface area contributed by atoms with E-state index in [1.54, 1.807) is 0 Å². The highest BCUT2D eigenvalue weighted by Crippen LogP contribution is 2.45. The standard InChI is InChI=1S/C83H140O17P2/c1-4-7-10-13-16-19-22-25-28-30-33-38-43-48-53-58-63-68-82(87)95-75-80(100-83(88)69-64-59-54-49-44-39-34-31-29-26-23-20-17-14-11-8-5-2)77-99-102(91,92)97-73-78(85)72-96-101(89,90)98-76-79(93-71-66-61-56-51-46-41-36-35-40-45-50-55-60-65-70-84)74-94-81(86)67-62-57-52-47-42-37-32-27-24-21-18-15-12-9-6-3/h16-21,25-29,32-36,38-39,48-49,53-54,70,78-80,85H,4-15,22-24,30-31,37,40-47,50-52,55-69,71-77H2,1-3H3,(H,89,90)(H,91,92)/b19-16-,20-17-,21-18-,28-25-,29-26-,32-27-,36-35-,38-33-,39-34-,53-48-,54-49-/t78-,79+,80+/m0/s1. The number of ether oxygens (including phenoxy) is 4. The SMILES string of the molecule is CCCCC/C=C\C/C=C\C/C=C\C/C=C\CCCC(=O)OC[C@H](COP(=O)(O)OC[C@@H](O)COP(=O)(O)OC[C@@H](COC(=O)CCCCCCC/C=C\C/C=C\CCCCC)OCCCCCCC/C=C\CCCCCCC=O)OC(=O)CCC/C=C\C/C=C\C/C=C\C/C=C\CCCCC. The largest absolute Gasteiger partial charge is 0.472 e. The summed E-state index contributed by atoms with van der Waals surface area (Å²) in [4.78, 5) is 70.4. The zero-order chi connectivity index (χ0) is 74.4. The molecule has 0 aromatic carbocycles. The molecule has 2 unspecified atom stereocenters. The Morgan fingerprint density at radius 3 is 0.971 bits per heavy atom. The molecule has 0 fully saturated rings. The molecule has 0 heterocycles. The molecule has 0 amide bonds. The molecule has 0 saturated carbocycles. The number of aliphatic hydroxyl groups excluding tert-OH is 1. The number of carbonyl (C=O) groups excluding carboxylic acids is 4. The number of phosphoric acid groups is 2. The third-order valence-corrected chi connectivity index (χ3v) is 18.0. The molecule has 102 heavy (non-hydrogen) atoms.